The van der Waals surface area contributed by atoms with Gasteiger partial charge in [-0.25, -0.2) is 0 Å². The molecule has 0 spiro atoms. The summed E-state index contributed by atoms with van der Waals surface area (Å²) in [7, 11) is 0. The van der Waals surface area contributed by atoms with Crippen LogP contribution in [0.15, 0.2) is 24.3 Å². The molecule has 0 N–H and O–H groups in total. The molecule has 0 saturated carbocycles. The van der Waals surface area contributed by atoms with Crippen LogP contribution in [0.4, 0.5) is 0 Å². The van der Waals surface area contributed by atoms with Crippen LogP contribution in [-0.2, 0) is 4.74 Å². The number of allylic oxidation sites excluding steroid dienone is 1. The minimum atomic E-state index is 0.558. The Balaban J connectivity index is 2.53. The fourth-order valence-corrected chi connectivity index (χ4v) is 1.99. The predicted molar refractivity (Wildman–Crippen MR) is 80.2 cm³/mol. The molecule has 0 aliphatic rings. The first-order valence-electron chi connectivity index (χ1n) is 6.43. The number of ether oxygens (including phenoxy) is 1. The van der Waals surface area contributed by atoms with Crippen molar-refractivity contribution in [2.24, 2.45) is 0 Å². The number of hydrogen-bond donors (Lipinski definition) is 0. The Morgan fingerprint density at radius 2 is 1.94 bits per heavy atom. The van der Waals surface area contributed by atoms with Crippen molar-refractivity contribution < 1.29 is 4.74 Å². The quantitative estimate of drug-likeness (QED) is 0.444. The Bertz CT molecular complexity index is 399. The molecule has 18 heavy (non-hydrogen) atoms. The highest BCUT2D eigenvalue weighted by Gasteiger charge is 2.05. The van der Waals surface area contributed by atoms with Crippen molar-refractivity contribution in [1.82, 2.24) is 0 Å². The summed E-state index contributed by atoms with van der Waals surface area (Å²) in [4.78, 5) is 0. The second-order valence-electron chi connectivity index (χ2n) is 4.19. The van der Waals surface area contributed by atoms with E-state index in [9.17, 15) is 0 Å². The van der Waals surface area contributed by atoms with Crippen molar-refractivity contribution >= 4 is 29.0 Å². The molecule has 1 aromatic rings. The molecule has 0 aromatic heterocycles. The highest BCUT2D eigenvalue weighted by Crippen LogP contribution is 2.26. The number of rotatable bonds is 7. The van der Waals surface area contributed by atoms with Crippen molar-refractivity contribution in [1.29, 1.82) is 0 Å². The third-order valence-corrected chi connectivity index (χ3v) is 3.46. The molecule has 0 fully saturated rings. The molecule has 0 aliphatic heterocycles. The summed E-state index contributed by atoms with van der Waals surface area (Å²) in [5, 5.41) is 1.13. The van der Waals surface area contributed by atoms with Gasteiger partial charge in [-0.05, 0) is 37.6 Å². The topological polar surface area (TPSA) is 9.23 Å². The van der Waals surface area contributed by atoms with Gasteiger partial charge in [-0.1, -0.05) is 49.4 Å². The van der Waals surface area contributed by atoms with E-state index in [4.69, 9.17) is 27.9 Å². The molecule has 1 aromatic carbocycles. The lowest BCUT2D eigenvalue weighted by molar-refractivity contribution is 0.266. The lowest BCUT2D eigenvalue weighted by Gasteiger charge is -2.11. The van der Waals surface area contributed by atoms with Crippen molar-refractivity contribution in [3.63, 3.8) is 0 Å². The summed E-state index contributed by atoms with van der Waals surface area (Å²) in [6.45, 7) is 4.91. The predicted octanol–water partition coefficient (Wildman–Crippen LogP) is 5.95. The van der Waals surface area contributed by atoms with Crippen molar-refractivity contribution in [3.8, 4) is 0 Å². The molecule has 0 bridgehead atoms. The first-order valence-corrected chi connectivity index (χ1v) is 7.19. The van der Waals surface area contributed by atoms with E-state index in [0.717, 1.165) is 24.4 Å². The number of unbranched alkanes of at least 4 members (excludes halogenated alkanes) is 3. The Hall–Kier alpha value is -0.660. The van der Waals surface area contributed by atoms with Crippen LogP contribution in [0.3, 0.4) is 0 Å². The SMILES string of the molecule is CC=C(OCCCCCC)c1ccc(Cl)c(Cl)c1. The Kier molecular flexibility index (Phi) is 7.22. The standard InChI is InChI=1S/C15H20Cl2O/c1-3-5-6-7-10-18-15(4-2)12-8-9-13(16)14(17)11-12/h4,8-9,11H,3,5-7,10H2,1-2H3. The number of benzene rings is 1. The van der Waals surface area contributed by atoms with Gasteiger partial charge in [0.1, 0.15) is 5.76 Å². The van der Waals surface area contributed by atoms with Gasteiger partial charge in [-0.2, -0.15) is 0 Å². The Labute approximate surface area is 120 Å². The van der Waals surface area contributed by atoms with Gasteiger partial charge in [0.2, 0.25) is 0 Å². The van der Waals surface area contributed by atoms with Gasteiger partial charge in [0, 0.05) is 5.56 Å². The van der Waals surface area contributed by atoms with Crippen LogP contribution in [0.1, 0.15) is 45.1 Å². The van der Waals surface area contributed by atoms with Gasteiger partial charge in [-0.15, -0.1) is 0 Å². The lowest BCUT2D eigenvalue weighted by atomic mass is 10.2. The number of hydrogen-bond acceptors (Lipinski definition) is 1. The van der Waals surface area contributed by atoms with E-state index in [-0.39, 0.29) is 0 Å². The van der Waals surface area contributed by atoms with Gasteiger partial charge in [0.15, 0.2) is 0 Å². The molecule has 0 saturated heterocycles. The zero-order chi connectivity index (χ0) is 13.4. The molecule has 0 atom stereocenters. The average molecular weight is 287 g/mol. The summed E-state index contributed by atoms with van der Waals surface area (Å²) in [6, 6.07) is 5.56. The Morgan fingerprint density at radius 3 is 2.56 bits per heavy atom. The van der Waals surface area contributed by atoms with E-state index in [2.05, 4.69) is 6.92 Å². The molecular weight excluding hydrogens is 267 g/mol. The Morgan fingerprint density at radius 1 is 1.17 bits per heavy atom. The summed E-state index contributed by atoms with van der Waals surface area (Å²) < 4.78 is 5.78. The van der Waals surface area contributed by atoms with Crippen LogP contribution >= 0.6 is 23.2 Å². The minimum Gasteiger partial charge on any atom is -0.493 e. The van der Waals surface area contributed by atoms with E-state index in [0.29, 0.717) is 10.0 Å². The summed E-state index contributed by atoms with van der Waals surface area (Å²) >= 11 is 11.9. The van der Waals surface area contributed by atoms with Gasteiger partial charge >= 0.3 is 0 Å². The van der Waals surface area contributed by atoms with E-state index in [1.54, 1.807) is 6.07 Å². The number of halogens is 2. The van der Waals surface area contributed by atoms with Crippen LogP contribution in [0.5, 0.6) is 0 Å². The lowest BCUT2D eigenvalue weighted by Crippen LogP contribution is -1.95. The minimum absolute atomic E-state index is 0.558. The van der Waals surface area contributed by atoms with Crippen LogP contribution in [-0.4, -0.2) is 6.61 Å². The fraction of sp³-hybridized carbons (Fsp3) is 0.467. The van der Waals surface area contributed by atoms with Crippen LogP contribution in [0.2, 0.25) is 10.0 Å². The molecular formula is C15H20Cl2O. The van der Waals surface area contributed by atoms with Crippen molar-refractivity contribution in [2.75, 3.05) is 6.61 Å². The van der Waals surface area contributed by atoms with Gasteiger partial charge in [-0.3, -0.25) is 0 Å². The molecule has 0 amide bonds. The maximum atomic E-state index is 6.00. The van der Waals surface area contributed by atoms with Crippen LogP contribution in [0, 0.1) is 0 Å². The smallest absolute Gasteiger partial charge is 0.122 e. The maximum Gasteiger partial charge on any atom is 0.122 e. The largest absolute Gasteiger partial charge is 0.493 e. The molecule has 0 radical (unpaired) electrons. The van der Waals surface area contributed by atoms with E-state index in [1.807, 2.05) is 25.1 Å². The first-order chi connectivity index (χ1) is 8.69. The molecule has 0 unspecified atom stereocenters. The van der Waals surface area contributed by atoms with Gasteiger partial charge in [0.25, 0.3) is 0 Å². The summed E-state index contributed by atoms with van der Waals surface area (Å²) in [6.07, 6.45) is 6.77. The third-order valence-electron chi connectivity index (χ3n) is 2.72. The molecule has 0 heterocycles. The summed E-state index contributed by atoms with van der Waals surface area (Å²) in [5.74, 6) is 0.866. The molecule has 1 rings (SSSR count). The van der Waals surface area contributed by atoms with Crippen molar-refractivity contribution in [2.45, 2.75) is 39.5 Å². The van der Waals surface area contributed by atoms with E-state index in [1.165, 1.54) is 19.3 Å². The van der Waals surface area contributed by atoms with Crippen molar-refractivity contribution in [3.05, 3.63) is 39.9 Å². The van der Waals surface area contributed by atoms with Crippen LogP contribution in [0.25, 0.3) is 5.76 Å². The molecule has 100 valence electrons. The molecule has 3 heteroatoms. The van der Waals surface area contributed by atoms with Crippen LogP contribution < -0.4 is 0 Å². The maximum absolute atomic E-state index is 6.00. The van der Waals surface area contributed by atoms with Gasteiger partial charge in [0.05, 0.1) is 16.7 Å². The monoisotopic (exact) mass is 286 g/mol. The second-order valence-corrected chi connectivity index (χ2v) is 5.01. The third kappa shape index (κ3) is 4.91. The highest BCUT2D eigenvalue weighted by atomic mass is 35.5. The van der Waals surface area contributed by atoms with Gasteiger partial charge < -0.3 is 4.74 Å². The average Bonchev–Trinajstić information content (AvgIpc) is 2.37. The normalized spacial score (nSPS) is 11.7. The second kappa shape index (κ2) is 8.44. The zero-order valence-electron chi connectivity index (χ0n) is 11.0. The van der Waals surface area contributed by atoms with E-state index >= 15 is 0 Å². The fourth-order valence-electron chi connectivity index (χ4n) is 1.69. The summed E-state index contributed by atoms with van der Waals surface area (Å²) in [5.41, 5.74) is 0.974. The molecule has 0 aliphatic carbocycles. The van der Waals surface area contributed by atoms with E-state index < -0.39 is 0 Å². The zero-order valence-corrected chi connectivity index (χ0v) is 12.5. The molecule has 1 nitrogen and oxygen atoms in total. The first kappa shape index (κ1) is 15.4. The highest BCUT2D eigenvalue weighted by molar-refractivity contribution is 6.42.